The summed E-state index contributed by atoms with van der Waals surface area (Å²) in [7, 11) is 0. The quantitative estimate of drug-likeness (QED) is 0.911. The highest BCUT2D eigenvalue weighted by molar-refractivity contribution is 9.10. The number of ether oxygens (including phenoxy) is 1. The molecular weight excluding hydrogens is 254 g/mol. The molecule has 1 atom stereocenters. The van der Waals surface area contributed by atoms with E-state index in [1.54, 1.807) is 0 Å². The van der Waals surface area contributed by atoms with Gasteiger partial charge in [-0.2, -0.15) is 0 Å². The highest BCUT2D eigenvalue weighted by atomic mass is 79.9. The van der Waals surface area contributed by atoms with E-state index < -0.39 is 0 Å². The SMILES string of the molecule is Brc1cccc(OCC2CCCCN2)c1. The number of rotatable bonds is 3. The van der Waals surface area contributed by atoms with Gasteiger partial charge in [-0.3, -0.25) is 0 Å². The number of hydrogen-bond donors (Lipinski definition) is 1. The summed E-state index contributed by atoms with van der Waals surface area (Å²) in [6.45, 7) is 1.91. The molecule has 1 aliphatic rings. The largest absolute Gasteiger partial charge is 0.492 e. The Balaban J connectivity index is 1.81. The predicted molar refractivity (Wildman–Crippen MR) is 65.3 cm³/mol. The Morgan fingerprint density at radius 3 is 3.07 bits per heavy atom. The lowest BCUT2D eigenvalue weighted by molar-refractivity contribution is 0.239. The molecule has 1 saturated heterocycles. The van der Waals surface area contributed by atoms with Crippen LogP contribution in [0.15, 0.2) is 28.7 Å². The molecule has 2 rings (SSSR count). The minimum atomic E-state index is 0.526. The molecule has 0 aliphatic carbocycles. The van der Waals surface area contributed by atoms with E-state index in [9.17, 15) is 0 Å². The first-order valence-corrected chi connectivity index (χ1v) is 6.25. The van der Waals surface area contributed by atoms with Gasteiger partial charge in [-0.05, 0) is 37.6 Å². The van der Waals surface area contributed by atoms with Gasteiger partial charge in [-0.25, -0.2) is 0 Å². The van der Waals surface area contributed by atoms with Crippen molar-refractivity contribution in [1.82, 2.24) is 5.32 Å². The molecule has 0 amide bonds. The van der Waals surface area contributed by atoms with Crippen LogP contribution >= 0.6 is 15.9 Å². The van der Waals surface area contributed by atoms with Crippen LogP contribution < -0.4 is 10.1 Å². The number of hydrogen-bond acceptors (Lipinski definition) is 2. The van der Waals surface area contributed by atoms with E-state index >= 15 is 0 Å². The Bertz CT molecular complexity index is 310. The molecular formula is C12H16BrNO. The Morgan fingerprint density at radius 1 is 1.40 bits per heavy atom. The lowest BCUT2D eigenvalue weighted by atomic mass is 10.1. The normalized spacial score (nSPS) is 21.3. The molecule has 0 radical (unpaired) electrons. The van der Waals surface area contributed by atoms with Gasteiger partial charge in [0.05, 0.1) is 0 Å². The van der Waals surface area contributed by atoms with E-state index in [1.807, 2.05) is 24.3 Å². The fourth-order valence-corrected chi connectivity index (χ4v) is 2.20. The molecule has 0 bridgehead atoms. The van der Waals surface area contributed by atoms with E-state index in [4.69, 9.17) is 4.74 Å². The molecule has 1 heterocycles. The first-order chi connectivity index (χ1) is 7.34. The zero-order valence-electron chi connectivity index (χ0n) is 8.71. The van der Waals surface area contributed by atoms with Crippen LogP contribution in [-0.4, -0.2) is 19.2 Å². The third-order valence-corrected chi connectivity index (χ3v) is 3.15. The molecule has 2 nitrogen and oxygen atoms in total. The third kappa shape index (κ3) is 3.50. The summed E-state index contributed by atoms with van der Waals surface area (Å²) in [5.74, 6) is 0.941. The molecule has 0 saturated carbocycles. The van der Waals surface area contributed by atoms with Crippen molar-refractivity contribution >= 4 is 15.9 Å². The first kappa shape index (κ1) is 11.0. The summed E-state index contributed by atoms with van der Waals surface area (Å²) in [4.78, 5) is 0. The zero-order valence-corrected chi connectivity index (χ0v) is 10.3. The fourth-order valence-electron chi connectivity index (χ4n) is 1.82. The van der Waals surface area contributed by atoms with Crippen molar-refractivity contribution < 1.29 is 4.74 Å². The monoisotopic (exact) mass is 269 g/mol. The maximum absolute atomic E-state index is 5.73. The van der Waals surface area contributed by atoms with Gasteiger partial charge in [0.1, 0.15) is 12.4 Å². The molecule has 1 unspecified atom stereocenters. The molecule has 0 spiro atoms. The van der Waals surface area contributed by atoms with Crippen LogP contribution in [0.1, 0.15) is 19.3 Å². The number of nitrogens with one attached hydrogen (secondary N) is 1. The molecule has 15 heavy (non-hydrogen) atoms. The van der Waals surface area contributed by atoms with Crippen molar-refractivity contribution in [3.63, 3.8) is 0 Å². The summed E-state index contributed by atoms with van der Waals surface area (Å²) in [6.07, 6.45) is 3.85. The second-order valence-electron chi connectivity index (χ2n) is 3.92. The highest BCUT2D eigenvalue weighted by Gasteiger charge is 2.12. The summed E-state index contributed by atoms with van der Waals surface area (Å²) in [5.41, 5.74) is 0. The Morgan fingerprint density at radius 2 is 2.33 bits per heavy atom. The predicted octanol–water partition coefficient (Wildman–Crippen LogP) is 2.97. The molecule has 1 aromatic carbocycles. The zero-order chi connectivity index (χ0) is 10.5. The van der Waals surface area contributed by atoms with Crippen LogP contribution in [0.25, 0.3) is 0 Å². The summed E-state index contributed by atoms with van der Waals surface area (Å²) in [6, 6.07) is 8.52. The number of piperidine rings is 1. The maximum atomic E-state index is 5.73. The van der Waals surface area contributed by atoms with Crippen LogP contribution in [0, 0.1) is 0 Å². The van der Waals surface area contributed by atoms with E-state index in [-0.39, 0.29) is 0 Å². The number of halogens is 1. The lowest BCUT2D eigenvalue weighted by Gasteiger charge is -2.23. The van der Waals surface area contributed by atoms with E-state index in [1.165, 1.54) is 19.3 Å². The molecule has 1 aliphatic heterocycles. The standard InChI is InChI=1S/C12H16BrNO/c13-10-4-3-6-12(8-10)15-9-11-5-1-2-7-14-11/h3-4,6,8,11,14H,1-2,5,7,9H2. The van der Waals surface area contributed by atoms with Crippen LogP contribution in [0.5, 0.6) is 5.75 Å². The first-order valence-electron chi connectivity index (χ1n) is 5.46. The van der Waals surface area contributed by atoms with Crippen LogP contribution in [0.4, 0.5) is 0 Å². The van der Waals surface area contributed by atoms with Gasteiger partial charge in [-0.1, -0.05) is 28.4 Å². The number of benzene rings is 1. The lowest BCUT2D eigenvalue weighted by Crippen LogP contribution is -2.38. The van der Waals surface area contributed by atoms with Crippen molar-refractivity contribution in [2.24, 2.45) is 0 Å². The smallest absolute Gasteiger partial charge is 0.120 e. The van der Waals surface area contributed by atoms with E-state index in [2.05, 4.69) is 21.2 Å². The third-order valence-electron chi connectivity index (χ3n) is 2.66. The van der Waals surface area contributed by atoms with E-state index in [0.29, 0.717) is 6.04 Å². The van der Waals surface area contributed by atoms with Crippen molar-refractivity contribution in [3.05, 3.63) is 28.7 Å². The molecule has 82 valence electrons. The Kier molecular flexibility index (Phi) is 4.03. The molecule has 3 heteroatoms. The van der Waals surface area contributed by atoms with Gasteiger partial charge in [0.15, 0.2) is 0 Å². The van der Waals surface area contributed by atoms with Gasteiger partial charge in [0, 0.05) is 10.5 Å². The van der Waals surface area contributed by atoms with Gasteiger partial charge < -0.3 is 10.1 Å². The fraction of sp³-hybridized carbons (Fsp3) is 0.500. The van der Waals surface area contributed by atoms with Crippen molar-refractivity contribution in [2.45, 2.75) is 25.3 Å². The average molecular weight is 270 g/mol. The van der Waals surface area contributed by atoms with Crippen LogP contribution in [0.3, 0.4) is 0 Å². The van der Waals surface area contributed by atoms with Crippen LogP contribution in [0.2, 0.25) is 0 Å². The molecule has 1 N–H and O–H groups in total. The highest BCUT2D eigenvalue weighted by Crippen LogP contribution is 2.18. The molecule has 1 fully saturated rings. The Hall–Kier alpha value is -0.540. The summed E-state index contributed by atoms with van der Waals surface area (Å²) in [5, 5.41) is 3.47. The average Bonchev–Trinajstić information content (AvgIpc) is 2.28. The van der Waals surface area contributed by atoms with Crippen LogP contribution in [-0.2, 0) is 0 Å². The van der Waals surface area contributed by atoms with Gasteiger partial charge in [0.25, 0.3) is 0 Å². The van der Waals surface area contributed by atoms with Crippen molar-refractivity contribution in [3.8, 4) is 5.75 Å². The summed E-state index contributed by atoms with van der Waals surface area (Å²) >= 11 is 3.43. The molecule has 0 aromatic heterocycles. The van der Waals surface area contributed by atoms with Gasteiger partial charge >= 0.3 is 0 Å². The second-order valence-corrected chi connectivity index (χ2v) is 4.83. The minimum Gasteiger partial charge on any atom is -0.492 e. The maximum Gasteiger partial charge on any atom is 0.120 e. The van der Waals surface area contributed by atoms with E-state index in [0.717, 1.165) is 23.4 Å². The Labute approximate surface area is 99.1 Å². The van der Waals surface area contributed by atoms with Crippen molar-refractivity contribution in [1.29, 1.82) is 0 Å². The van der Waals surface area contributed by atoms with Gasteiger partial charge in [0.2, 0.25) is 0 Å². The second kappa shape index (κ2) is 5.52. The minimum absolute atomic E-state index is 0.526. The topological polar surface area (TPSA) is 21.3 Å². The molecule has 1 aromatic rings. The van der Waals surface area contributed by atoms with Gasteiger partial charge in [-0.15, -0.1) is 0 Å². The van der Waals surface area contributed by atoms with Crippen molar-refractivity contribution in [2.75, 3.05) is 13.2 Å². The summed E-state index contributed by atoms with van der Waals surface area (Å²) < 4.78 is 6.80.